The van der Waals surface area contributed by atoms with E-state index in [4.69, 9.17) is 4.74 Å². The second-order valence-electron chi connectivity index (χ2n) is 6.01. The molecule has 21 heavy (non-hydrogen) atoms. The summed E-state index contributed by atoms with van der Waals surface area (Å²) in [5.74, 6) is 0.579. The molecule has 116 valence electrons. The normalized spacial score (nSPS) is 13.2. The van der Waals surface area contributed by atoms with Crippen molar-refractivity contribution in [2.24, 2.45) is 5.41 Å². The van der Waals surface area contributed by atoms with E-state index >= 15 is 0 Å². The Labute approximate surface area is 126 Å². The van der Waals surface area contributed by atoms with Gasteiger partial charge in [-0.2, -0.15) is 0 Å². The molecule has 0 aliphatic carbocycles. The standard InChI is InChI=1S/C17H25NO3/c1-13(19)11-17(2,3)12-18-16(20)10-9-14-7-5-6-8-15(14)21-4/h5-10,13,19H,11-12H2,1-4H3,(H,18,20). The van der Waals surface area contributed by atoms with Gasteiger partial charge in [0.2, 0.25) is 5.91 Å². The minimum atomic E-state index is -0.374. The van der Waals surface area contributed by atoms with Gasteiger partial charge in [-0.1, -0.05) is 32.0 Å². The first kappa shape index (κ1) is 17.2. The molecular formula is C17H25NO3. The molecule has 4 nitrogen and oxygen atoms in total. The highest BCUT2D eigenvalue weighted by Gasteiger charge is 2.20. The number of rotatable bonds is 7. The average molecular weight is 291 g/mol. The summed E-state index contributed by atoms with van der Waals surface area (Å²) in [5.41, 5.74) is 0.723. The number of carbonyl (C=O) groups is 1. The molecule has 1 amide bonds. The molecule has 0 bridgehead atoms. The van der Waals surface area contributed by atoms with Crippen molar-refractivity contribution in [2.75, 3.05) is 13.7 Å². The van der Waals surface area contributed by atoms with Gasteiger partial charge in [-0.25, -0.2) is 0 Å². The molecule has 0 saturated carbocycles. The molecule has 1 rings (SSSR count). The van der Waals surface area contributed by atoms with Crippen molar-refractivity contribution in [3.63, 3.8) is 0 Å². The molecule has 1 unspecified atom stereocenters. The number of amides is 1. The summed E-state index contributed by atoms with van der Waals surface area (Å²) in [5, 5.41) is 12.3. The Hall–Kier alpha value is -1.81. The van der Waals surface area contributed by atoms with Gasteiger partial charge in [-0.05, 0) is 30.9 Å². The van der Waals surface area contributed by atoms with E-state index in [-0.39, 0.29) is 17.4 Å². The Bertz CT molecular complexity index is 493. The third-order valence-electron chi connectivity index (χ3n) is 3.14. The van der Waals surface area contributed by atoms with Crippen LogP contribution in [0.5, 0.6) is 5.75 Å². The maximum Gasteiger partial charge on any atom is 0.244 e. The second-order valence-corrected chi connectivity index (χ2v) is 6.01. The first-order valence-corrected chi connectivity index (χ1v) is 7.11. The molecule has 0 fully saturated rings. The molecule has 0 aromatic heterocycles. The number of nitrogens with one attached hydrogen (secondary N) is 1. The number of methoxy groups -OCH3 is 1. The summed E-state index contributed by atoms with van der Waals surface area (Å²) in [4.78, 5) is 11.8. The van der Waals surface area contributed by atoms with Crippen LogP contribution in [0, 0.1) is 5.41 Å². The first-order chi connectivity index (χ1) is 9.84. The number of hydrogen-bond acceptors (Lipinski definition) is 3. The SMILES string of the molecule is COc1ccccc1C=CC(=O)NCC(C)(C)CC(C)O. The lowest BCUT2D eigenvalue weighted by Crippen LogP contribution is -2.34. The zero-order valence-corrected chi connectivity index (χ0v) is 13.2. The van der Waals surface area contributed by atoms with Crippen LogP contribution in [0.2, 0.25) is 0 Å². The van der Waals surface area contributed by atoms with E-state index in [0.29, 0.717) is 13.0 Å². The number of para-hydroxylation sites is 1. The van der Waals surface area contributed by atoms with E-state index < -0.39 is 0 Å². The van der Waals surface area contributed by atoms with Gasteiger partial charge in [0.05, 0.1) is 13.2 Å². The Morgan fingerprint density at radius 3 is 2.71 bits per heavy atom. The summed E-state index contributed by atoms with van der Waals surface area (Å²) < 4.78 is 5.22. The number of aliphatic hydroxyl groups excluding tert-OH is 1. The van der Waals surface area contributed by atoms with Crippen LogP contribution in [-0.4, -0.2) is 30.8 Å². The number of hydrogen-bond donors (Lipinski definition) is 2. The fraction of sp³-hybridized carbons (Fsp3) is 0.471. The van der Waals surface area contributed by atoms with Crippen LogP contribution in [0.3, 0.4) is 0 Å². The van der Waals surface area contributed by atoms with E-state index in [1.54, 1.807) is 20.1 Å². The molecule has 0 heterocycles. The molecule has 0 aliphatic heterocycles. The Kier molecular flexibility index (Phi) is 6.43. The van der Waals surface area contributed by atoms with Crippen molar-refractivity contribution in [3.05, 3.63) is 35.9 Å². The number of benzene rings is 1. The third kappa shape index (κ3) is 6.45. The second kappa shape index (κ2) is 7.84. The number of aliphatic hydroxyl groups is 1. The Balaban J connectivity index is 2.56. The molecular weight excluding hydrogens is 266 g/mol. The smallest absolute Gasteiger partial charge is 0.244 e. The van der Waals surface area contributed by atoms with Gasteiger partial charge < -0.3 is 15.2 Å². The summed E-state index contributed by atoms with van der Waals surface area (Å²) >= 11 is 0. The average Bonchev–Trinajstić information content (AvgIpc) is 2.42. The van der Waals surface area contributed by atoms with Crippen molar-refractivity contribution in [2.45, 2.75) is 33.3 Å². The van der Waals surface area contributed by atoms with Crippen LogP contribution in [0.15, 0.2) is 30.3 Å². The fourth-order valence-corrected chi connectivity index (χ4v) is 2.23. The lowest BCUT2D eigenvalue weighted by molar-refractivity contribution is -0.117. The molecule has 1 aromatic rings. The van der Waals surface area contributed by atoms with Crippen molar-refractivity contribution < 1.29 is 14.6 Å². The van der Waals surface area contributed by atoms with Gasteiger partial charge in [0, 0.05) is 18.2 Å². The molecule has 1 aromatic carbocycles. The van der Waals surface area contributed by atoms with Crippen molar-refractivity contribution in [1.82, 2.24) is 5.32 Å². The summed E-state index contributed by atoms with van der Waals surface area (Å²) in [6.45, 7) is 6.31. The van der Waals surface area contributed by atoms with E-state index in [1.807, 2.05) is 38.1 Å². The van der Waals surface area contributed by atoms with E-state index in [2.05, 4.69) is 5.32 Å². The maximum absolute atomic E-state index is 11.8. The number of ether oxygens (including phenoxy) is 1. The van der Waals surface area contributed by atoms with Gasteiger partial charge >= 0.3 is 0 Å². The highest BCUT2D eigenvalue weighted by atomic mass is 16.5. The van der Waals surface area contributed by atoms with Crippen LogP contribution in [0.1, 0.15) is 32.8 Å². The van der Waals surface area contributed by atoms with Crippen molar-refractivity contribution >= 4 is 12.0 Å². The summed E-state index contributed by atoms with van der Waals surface area (Å²) in [7, 11) is 1.60. The lowest BCUT2D eigenvalue weighted by Gasteiger charge is -2.26. The lowest BCUT2D eigenvalue weighted by atomic mass is 9.87. The van der Waals surface area contributed by atoms with Gasteiger partial charge in [0.15, 0.2) is 0 Å². The molecule has 4 heteroatoms. The summed E-state index contributed by atoms with van der Waals surface area (Å²) in [6, 6.07) is 7.52. The van der Waals surface area contributed by atoms with Crippen molar-refractivity contribution in [1.29, 1.82) is 0 Å². The minimum Gasteiger partial charge on any atom is -0.496 e. The van der Waals surface area contributed by atoms with Crippen LogP contribution in [0.25, 0.3) is 6.08 Å². The maximum atomic E-state index is 11.8. The van der Waals surface area contributed by atoms with E-state index in [0.717, 1.165) is 11.3 Å². The quantitative estimate of drug-likeness (QED) is 0.759. The zero-order valence-electron chi connectivity index (χ0n) is 13.2. The van der Waals surface area contributed by atoms with Crippen LogP contribution in [-0.2, 0) is 4.79 Å². The van der Waals surface area contributed by atoms with Crippen LogP contribution >= 0.6 is 0 Å². The van der Waals surface area contributed by atoms with E-state index in [9.17, 15) is 9.90 Å². The van der Waals surface area contributed by atoms with Gasteiger partial charge in [0.25, 0.3) is 0 Å². The van der Waals surface area contributed by atoms with Crippen molar-refractivity contribution in [3.8, 4) is 5.75 Å². The zero-order chi connectivity index (χ0) is 15.9. The minimum absolute atomic E-state index is 0.137. The topological polar surface area (TPSA) is 58.6 Å². The van der Waals surface area contributed by atoms with Crippen LogP contribution < -0.4 is 10.1 Å². The highest BCUT2D eigenvalue weighted by molar-refractivity contribution is 5.92. The van der Waals surface area contributed by atoms with Gasteiger partial charge in [-0.15, -0.1) is 0 Å². The predicted molar refractivity (Wildman–Crippen MR) is 85.1 cm³/mol. The monoisotopic (exact) mass is 291 g/mol. The Morgan fingerprint density at radius 2 is 2.10 bits per heavy atom. The molecule has 1 atom stereocenters. The van der Waals surface area contributed by atoms with Gasteiger partial charge in [0.1, 0.15) is 5.75 Å². The van der Waals surface area contributed by atoms with Crippen LogP contribution in [0.4, 0.5) is 0 Å². The Morgan fingerprint density at radius 1 is 1.43 bits per heavy atom. The highest BCUT2D eigenvalue weighted by Crippen LogP contribution is 2.21. The van der Waals surface area contributed by atoms with Gasteiger partial charge in [-0.3, -0.25) is 4.79 Å². The predicted octanol–water partition coefficient (Wildman–Crippen LogP) is 2.62. The molecule has 2 N–H and O–H groups in total. The molecule has 0 saturated heterocycles. The summed E-state index contributed by atoms with van der Waals surface area (Å²) in [6.07, 6.45) is 3.50. The third-order valence-corrected chi connectivity index (χ3v) is 3.14. The molecule has 0 radical (unpaired) electrons. The largest absolute Gasteiger partial charge is 0.496 e. The molecule has 0 aliphatic rings. The number of carbonyl (C=O) groups excluding carboxylic acids is 1. The molecule has 0 spiro atoms. The fourth-order valence-electron chi connectivity index (χ4n) is 2.23. The first-order valence-electron chi connectivity index (χ1n) is 7.11. The van der Waals surface area contributed by atoms with E-state index in [1.165, 1.54) is 6.08 Å².